The first kappa shape index (κ1) is 13.3. The highest BCUT2D eigenvalue weighted by Gasteiger charge is 2.19. The fourth-order valence-corrected chi connectivity index (χ4v) is 3.09. The highest BCUT2D eigenvalue weighted by Crippen LogP contribution is 2.17. The Morgan fingerprint density at radius 2 is 2.15 bits per heavy atom. The highest BCUT2D eigenvalue weighted by atomic mass is 16.1. The van der Waals surface area contributed by atoms with Gasteiger partial charge in [0.25, 0.3) is 0 Å². The fourth-order valence-electron chi connectivity index (χ4n) is 3.09. The number of benzene rings is 1. The summed E-state index contributed by atoms with van der Waals surface area (Å²) in [6, 6.07) is 6.06. The minimum absolute atomic E-state index is 0.101. The molecule has 1 aromatic heterocycles. The molecule has 2 aromatic rings. The smallest absolute Gasteiger partial charge is 0.189 e. The normalized spacial score (nSPS) is 19.9. The maximum Gasteiger partial charge on any atom is 0.189 e. The number of H-pyrrole nitrogens is 1. The van der Waals surface area contributed by atoms with Gasteiger partial charge in [-0.3, -0.25) is 9.69 Å². The molecule has 1 unspecified atom stereocenters. The van der Waals surface area contributed by atoms with Gasteiger partial charge in [-0.05, 0) is 37.5 Å². The van der Waals surface area contributed by atoms with Gasteiger partial charge in [0, 0.05) is 42.8 Å². The lowest BCUT2D eigenvalue weighted by molar-refractivity contribution is 0.323. The van der Waals surface area contributed by atoms with Crippen molar-refractivity contribution in [3.63, 3.8) is 0 Å². The summed E-state index contributed by atoms with van der Waals surface area (Å²) < 4.78 is 0. The Bertz CT molecular complexity index is 705. The van der Waals surface area contributed by atoms with E-state index in [1.54, 1.807) is 6.07 Å². The largest absolute Gasteiger partial charge is 0.357 e. The molecule has 1 aromatic carbocycles. The van der Waals surface area contributed by atoms with E-state index in [-0.39, 0.29) is 11.5 Å². The summed E-state index contributed by atoms with van der Waals surface area (Å²) >= 11 is 0. The number of aromatic amines is 1. The zero-order valence-corrected chi connectivity index (χ0v) is 12.1. The summed E-state index contributed by atoms with van der Waals surface area (Å²) in [6.07, 6.45) is 1.04. The molecule has 106 valence electrons. The van der Waals surface area contributed by atoms with Crippen LogP contribution in [0.4, 0.5) is 0 Å². The third kappa shape index (κ3) is 2.49. The molecule has 1 aliphatic rings. The Hall–Kier alpha value is -1.65. The molecule has 3 N–H and O–H groups in total. The molecule has 0 bridgehead atoms. The molecule has 0 radical (unpaired) electrons. The predicted molar refractivity (Wildman–Crippen MR) is 81.9 cm³/mol. The van der Waals surface area contributed by atoms with Crippen LogP contribution in [0.15, 0.2) is 23.0 Å². The van der Waals surface area contributed by atoms with Crippen LogP contribution in [0.1, 0.15) is 23.2 Å². The van der Waals surface area contributed by atoms with Crippen LogP contribution in [-0.2, 0) is 6.54 Å². The van der Waals surface area contributed by atoms with Gasteiger partial charge in [-0.25, -0.2) is 0 Å². The number of fused-ring (bicyclic) bond motifs is 1. The summed E-state index contributed by atoms with van der Waals surface area (Å²) in [5.41, 5.74) is 10.2. The molecule has 4 heteroatoms. The Morgan fingerprint density at radius 3 is 2.85 bits per heavy atom. The Morgan fingerprint density at radius 1 is 1.35 bits per heavy atom. The number of aryl methyl sites for hydroxylation is 2. The number of likely N-dealkylation sites (tertiary alicyclic amines) is 1. The molecule has 20 heavy (non-hydrogen) atoms. The van der Waals surface area contributed by atoms with Gasteiger partial charge in [-0.1, -0.05) is 6.07 Å². The van der Waals surface area contributed by atoms with Crippen molar-refractivity contribution in [1.82, 2.24) is 9.88 Å². The van der Waals surface area contributed by atoms with Gasteiger partial charge < -0.3 is 10.7 Å². The maximum atomic E-state index is 12.3. The fraction of sp³-hybridized carbons (Fsp3) is 0.438. The van der Waals surface area contributed by atoms with Gasteiger partial charge in [-0.15, -0.1) is 0 Å². The van der Waals surface area contributed by atoms with Gasteiger partial charge in [0.2, 0.25) is 0 Å². The van der Waals surface area contributed by atoms with Gasteiger partial charge >= 0.3 is 0 Å². The lowest BCUT2D eigenvalue weighted by atomic mass is 10.1. The van der Waals surface area contributed by atoms with Gasteiger partial charge in [-0.2, -0.15) is 0 Å². The van der Waals surface area contributed by atoms with Gasteiger partial charge in [0.15, 0.2) is 5.43 Å². The maximum absolute atomic E-state index is 12.3. The third-order valence-electron chi connectivity index (χ3n) is 4.04. The van der Waals surface area contributed by atoms with Crippen molar-refractivity contribution in [2.24, 2.45) is 5.73 Å². The number of hydrogen-bond acceptors (Lipinski definition) is 3. The number of nitrogens with two attached hydrogens (primary N) is 1. The van der Waals surface area contributed by atoms with Crippen molar-refractivity contribution < 1.29 is 0 Å². The van der Waals surface area contributed by atoms with Crippen LogP contribution in [-0.4, -0.2) is 29.0 Å². The molecular weight excluding hydrogens is 250 g/mol. The summed E-state index contributed by atoms with van der Waals surface area (Å²) in [4.78, 5) is 18.0. The van der Waals surface area contributed by atoms with E-state index in [1.165, 1.54) is 0 Å². The molecule has 0 amide bonds. The van der Waals surface area contributed by atoms with Crippen molar-refractivity contribution in [2.45, 2.75) is 32.9 Å². The average Bonchev–Trinajstić information content (AvgIpc) is 2.76. The summed E-state index contributed by atoms with van der Waals surface area (Å²) in [5, 5.41) is 0.782. The lowest BCUT2D eigenvalue weighted by Crippen LogP contribution is -2.27. The van der Waals surface area contributed by atoms with Crippen molar-refractivity contribution >= 4 is 10.9 Å². The lowest BCUT2D eigenvalue weighted by Gasteiger charge is -2.16. The van der Waals surface area contributed by atoms with Crippen LogP contribution < -0.4 is 11.2 Å². The van der Waals surface area contributed by atoms with E-state index in [9.17, 15) is 4.79 Å². The molecule has 4 nitrogen and oxygen atoms in total. The second-order valence-corrected chi connectivity index (χ2v) is 5.95. The first-order chi connectivity index (χ1) is 9.52. The summed E-state index contributed by atoms with van der Waals surface area (Å²) in [7, 11) is 0. The van der Waals surface area contributed by atoms with E-state index < -0.39 is 0 Å². The average molecular weight is 271 g/mol. The zero-order valence-electron chi connectivity index (χ0n) is 12.1. The molecule has 1 fully saturated rings. The monoisotopic (exact) mass is 271 g/mol. The standard InChI is InChI=1S/C16H21N3O/c1-10-5-11(2)16-14(6-10)15(20)7-13(18-16)9-19-4-3-12(17)8-19/h5-7,12H,3-4,8-9,17H2,1-2H3,(H,18,20). The minimum Gasteiger partial charge on any atom is -0.357 e. The van der Waals surface area contributed by atoms with Gasteiger partial charge in [0.1, 0.15) is 0 Å². The second kappa shape index (κ2) is 5.04. The van der Waals surface area contributed by atoms with Crippen LogP contribution in [0.3, 0.4) is 0 Å². The van der Waals surface area contributed by atoms with Crippen molar-refractivity contribution in [2.75, 3.05) is 13.1 Å². The molecule has 1 saturated heterocycles. The van der Waals surface area contributed by atoms with E-state index >= 15 is 0 Å². The predicted octanol–water partition coefficient (Wildman–Crippen LogP) is 1.68. The van der Waals surface area contributed by atoms with Crippen molar-refractivity contribution in [3.05, 3.63) is 45.2 Å². The van der Waals surface area contributed by atoms with E-state index in [1.807, 2.05) is 19.9 Å². The van der Waals surface area contributed by atoms with Crippen LogP contribution in [0.5, 0.6) is 0 Å². The van der Waals surface area contributed by atoms with E-state index in [4.69, 9.17) is 5.73 Å². The van der Waals surface area contributed by atoms with Crippen LogP contribution in [0, 0.1) is 13.8 Å². The summed E-state index contributed by atoms with van der Waals surface area (Å²) in [6.45, 7) is 6.75. The van der Waals surface area contributed by atoms with Crippen LogP contribution >= 0.6 is 0 Å². The summed E-state index contributed by atoms with van der Waals surface area (Å²) in [5.74, 6) is 0. The SMILES string of the molecule is Cc1cc(C)c2[nH]c(CN3CCC(N)C3)cc(=O)c2c1. The number of rotatable bonds is 2. The van der Waals surface area contributed by atoms with Crippen LogP contribution in [0.2, 0.25) is 0 Å². The van der Waals surface area contributed by atoms with Gasteiger partial charge in [0.05, 0.1) is 5.52 Å². The molecule has 1 atom stereocenters. The molecular formula is C16H21N3O. The topological polar surface area (TPSA) is 62.1 Å². The minimum atomic E-state index is 0.101. The van der Waals surface area contributed by atoms with Crippen molar-refractivity contribution in [1.29, 1.82) is 0 Å². The molecule has 0 aliphatic carbocycles. The first-order valence-corrected chi connectivity index (χ1v) is 7.14. The third-order valence-corrected chi connectivity index (χ3v) is 4.04. The van der Waals surface area contributed by atoms with E-state index in [2.05, 4.69) is 16.0 Å². The first-order valence-electron chi connectivity index (χ1n) is 7.14. The number of pyridine rings is 1. The molecule has 0 spiro atoms. The number of nitrogens with zero attached hydrogens (tertiary/aromatic N) is 1. The Labute approximate surface area is 118 Å². The highest BCUT2D eigenvalue weighted by molar-refractivity contribution is 5.82. The molecule has 0 saturated carbocycles. The number of nitrogens with one attached hydrogen (secondary N) is 1. The quantitative estimate of drug-likeness (QED) is 0.873. The molecule has 1 aliphatic heterocycles. The number of aromatic nitrogens is 1. The Balaban J connectivity index is 1.99. The molecule has 2 heterocycles. The van der Waals surface area contributed by atoms with E-state index in [0.29, 0.717) is 0 Å². The number of hydrogen-bond donors (Lipinski definition) is 2. The van der Waals surface area contributed by atoms with E-state index in [0.717, 1.165) is 53.8 Å². The Kier molecular flexibility index (Phi) is 3.36. The van der Waals surface area contributed by atoms with Crippen molar-refractivity contribution in [3.8, 4) is 0 Å². The molecule has 3 rings (SSSR count). The second-order valence-electron chi connectivity index (χ2n) is 5.95. The van der Waals surface area contributed by atoms with Crippen LogP contribution in [0.25, 0.3) is 10.9 Å². The zero-order chi connectivity index (χ0) is 14.3.